The first-order chi connectivity index (χ1) is 17.3. The zero-order valence-corrected chi connectivity index (χ0v) is 19.8. The van der Waals surface area contributed by atoms with E-state index in [2.05, 4.69) is 59.7 Å². The Hall–Kier alpha value is -4.15. The number of halogens is 1. The molecule has 0 saturated heterocycles. The number of para-hydroxylation sites is 2. The van der Waals surface area contributed by atoms with E-state index in [1.807, 2.05) is 71.4 Å². The standard InChI is InChI=1S/C30H23ClN4/c31-24-18-16-22(17-19-24)28-20-29(35(32-28)26-14-8-3-9-15-26)27-21-34(25-12-6-2-7-13-25)33-30(27)23-10-4-1-5-11-23/h1-19,21,29H,20H2. The van der Waals surface area contributed by atoms with E-state index in [4.69, 9.17) is 21.8 Å². The van der Waals surface area contributed by atoms with Crippen molar-refractivity contribution in [1.82, 2.24) is 9.78 Å². The van der Waals surface area contributed by atoms with E-state index in [1.54, 1.807) is 0 Å². The van der Waals surface area contributed by atoms with Crippen molar-refractivity contribution < 1.29 is 0 Å². The number of hydrogen-bond donors (Lipinski definition) is 0. The van der Waals surface area contributed by atoms with E-state index in [0.717, 1.165) is 50.9 Å². The number of anilines is 1. The summed E-state index contributed by atoms with van der Waals surface area (Å²) in [5, 5.41) is 13.0. The van der Waals surface area contributed by atoms with E-state index < -0.39 is 0 Å². The molecule has 0 fully saturated rings. The molecule has 35 heavy (non-hydrogen) atoms. The summed E-state index contributed by atoms with van der Waals surface area (Å²) >= 11 is 6.16. The molecule has 0 saturated carbocycles. The minimum atomic E-state index is -0.00394. The van der Waals surface area contributed by atoms with Crippen molar-refractivity contribution in [3.05, 3.63) is 138 Å². The van der Waals surface area contributed by atoms with Crippen LogP contribution in [-0.4, -0.2) is 15.5 Å². The molecule has 0 spiro atoms. The van der Waals surface area contributed by atoms with Gasteiger partial charge in [-0.05, 0) is 42.0 Å². The molecule has 0 amide bonds. The van der Waals surface area contributed by atoms with Crippen molar-refractivity contribution in [2.24, 2.45) is 5.10 Å². The van der Waals surface area contributed by atoms with Crippen LogP contribution in [0.3, 0.4) is 0 Å². The smallest absolute Gasteiger partial charge is 0.0981 e. The summed E-state index contributed by atoms with van der Waals surface area (Å²) in [6.07, 6.45) is 2.91. The Labute approximate surface area is 209 Å². The van der Waals surface area contributed by atoms with Crippen molar-refractivity contribution in [3.8, 4) is 16.9 Å². The Morgan fingerprint density at radius 2 is 1.26 bits per heavy atom. The molecule has 1 unspecified atom stereocenters. The second-order valence-corrected chi connectivity index (χ2v) is 8.97. The maximum atomic E-state index is 6.16. The molecule has 170 valence electrons. The molecule has 1 aliphatic heterocycles. The average molecular weight is 475 g/mol. The predicted molar refractivity (Wildman–Crippen MR) is 143 cm³/mol. The summed E-state index contributed by atoms with van der Waals surface area (Å²) in [6.45, 7) is 0. The molecule has 4 aromatic carbocycles. The third kappa shape index (κ3) is 4.25. The van der Waals surface area contributed by atoms with Crippen LogP contribution in [0.1, 0.15) is 23.6 Å². The summed E-state index contributed by atoms with van der Waals surface area (Å²) < 4.78 is 1.97. The highest BCUT2D eigenvalue weighted by atomic mass is 35.5. The Morgan fingerprint density at radius 3 is 1.91 bits per heavy atom. The number of hydrazone groups is 1. The Bertz CT molecular complexity index is 1460. The monoisotopic (exact) mass is 474 g/mol. The summed E-state index contributed by atoms with van der Waals surface area (Å²) in [5.74, 6) is 0. The fraction of sp³-hybridized carbons (Fsp3) is 0.0667. The summed E-state index contributed by atoms with van der Waals surface area (Å²) in [4.78, 5) is 0. The van der Waals surface area contributed by atoms with E-state index >= 15 is 0 Å². The summed E-state index contributed by atoms with van der Waals surface area (Å²) in [6, 6.07) is 38.9. The molecule has 5 aromatic rings. The van der Waals surface area contributed by atoms with Gasteiger partial charge in [-0.15, -0.1) is 0 Å². The quantitative estimate of drug-likeness (QED) is 0.263. The van der Waals surface area contributed by atoms with Gasteiger partial charge in [-0.2, -0.15) is 10.2 Å². The van der Waals surface area contributed by atoms with Gasteiger partial charge in [-0.25, -0.2) is 4.68 Å². The second kappa shape index (κ2) is 9.24. The topological polar surface area (TPSA) is 33.4 Å². The van der Waals surface area contributed by atoms with Crippen LogP contribution in [0.5, 0.6) is 0 Å². The minimum Gasteiger partial charge on any atom is -0.257 e. The number of rotatable bonds is 5. The first kappa shape index (κ1) is 21.4. The van der Waals surface area contributed by atoms with Crippen molar-refractivity contribution in [3.63, 3.8) is 0 Å². The van der Waals surface area contributed by atoms with Crippen LogP contribution in [0.15, 0.2) is 127 Å². The van der Waals surface area contributed by atoms with E-state index in [9.17, 15) is 0 Å². The van der Waals surface area contributed by atoms with Crippen molar-refractivity contribution in [2.45, 2.75) is 12.5 Å². The maximum Gasteiger partial charge on any atom is 0.0981 e. The highest BCUT2D eigenvalue weighted by Crippen LogP contribution is 2.40. The van der Waals surface area contributed by atoms with Gasteiger partial charge in [0.15, 0.2) is 0 Å². The van der Waals surface area contributed by atoms with E-state index in [0.29, 0.717) is 0 Å². The lowest BCUT2D eigenvalue weighted by molar-refractivity contribution is 0.709. The SMILES string of the molecule is Clc1ccc(C2=NN(c3ccccc3)C(c3cn(-c4ccccc4)nc3-c3ccccc3)C2)cc1. The molecular weight excluding hydrogens is 452 g/mol. The third-order valence-corrected chi connectivity index (χ3v) is 6.53. The lowest BCUT2D eigenvalue weighted by Crippen LogP contribution is -2.18. The zero-order chi connectivity index (χ0) is 23.6. The molecule has 1 aliphatic rings. The van der Waals surface area contributed by atoms with E-state index in [1.165, 1.54) is 0 Å². The van der Waals surface area contributed by atoms with Gasteiger partial charge in [0.05, 0.1) is 28.8 Å². The highest BCUT2D eigenvalue weighted by molar-refractivity contribution is 6.30. The molecular formula is C30H23ClN4. The van der Waals surface area contributed by atoms with Gasteiger partial charge in [-0.3, -0.25) is 5.01 Å². The van der Waals surface area contributed by atoms with Crippen molar-refractivity contribution in [2.75, 3.05) is 5.01 Å². The van der Waals surface area contributed by atoms with Gasteiger partial charge in [0.25, 0.3) is 0 Å². The third-order valence-electron chi connectivity index (χ3n) is 6.28. The zero-order valence-electron chi connectivity index (χ0n) is 19.0. The Balaban J connectivity index is 1.49. The molecule has 0 aliphatic carbocycles. The molecule has 1 aromatic heterocycles. The largest absolute Gasteiger partial charge is 0.257 e. The number of benzene rings is 4. The first-order valence-electron chi connectivity index (χ1n) is 11.6. The lowest BCUT2D eigenvalue weighted by atomic mass is 9.96. The second-order valence-electron chi connectivity index (χ2n) is 8.53. The maximum absolute atomic E-state index is 6.16. The van der Waals surface area contributed by atoms with Gasteiger partial charge in [0.2, 0.25) is 0 Å². The number of hydrogen-bond acceptors (Lipinski definition) is 3. The van der Waals surface area contributed by atoms with Gasteiger partial charge in [-0.1, -0.05) is 90.5 Å². The minimum absolute atomic E-state index is 0.00394. The predicted octanol–water partition coefficient (Wildman–Crippen LogP) is 7.55. The molecule has 0 N–H and O–H groups in total. The van der Waals surface area contributed by atoms with Crippen LogP contribution < -0.4 is 5.01 Å². The van der Waals surface area contributed by atoms with E-state index in [-0.39, 0.29) is 6.04 Å². The number of nitrogens with zero attached hydrogens (tertiary/aromatic N) is 4. The molecule has 4 nitrogen and oxygen atoms in total. The van der Waals surface area contributed by atoms with Crippen LogP contribution in [0.2, 0.25) is 5.02 Å². The molecule has 5 heteroatoms. The molecule has 2 heterocycles. The first-order valence-corrected chi connectivity index (χ1v) is 12.0. The average Bonchev–Trinajstić information content (AvgIpc) is 3.56. The lowest BCUT2D eigenvalue weighted by Gasteiger charge is -2.23. The van der Waals surface area contributed by atoms with Crippen LogP contribution in [0.4, 0.5) is 5.69 Å². The van der Waals surface area contributed by atoms with Gasteiger partial charge < -0.3 is 0 Å². The fourth-order valence-corrected chi connectivity index (χ4v) is 4.68. The van der Waals surface area contributed by atoms with Crippen LogP contribution in [-0.2, 0) is 0 Å². The normalized spacial score (nSPS) is 15.3. The van der Waals surface area contributed by atoms with Gasteiger partial charge >= 0.3 is 0 Å². The summed E-state index contributed by atoms with van der Waals surface area (Å²) in [7, 11) is 0. The Kier molecular flexibility index (Phi) is 5.65. The van der Waals surface area contributed by atoms with Crippen molar-refractivity contribution in [1.29, 1.82) is 0 Å². The summed E-state index contributed by atoms with van der Waals surface area (Å²) in [5.41, 5.74) is 7.37. The van der Waals surface area contributed by atoms with Gasteiger partial charge in [0.1, 0.15) is 0 Å². The van der Waals surface area contributed by atoms with Crippen LogP contribution >= 0.6 is 11.6 Å². The molecule has 6 rings (SSSR count). The molecule has 0 radical (unpaired) electrons. The van der Waals surface area contributed by atoms with Crippen LogP contribution in [0, 0.1) is 0 Å². The van der Waals surface area contributed by atoms with Crippen molar-refractivity contribution >= 4 is 23.0 Å². The number of aromatic nitrogens is 2. The highest BCUT2D eigenvalue weighted by Gasteiger charge is 2.33. The van der Waals surface area contributed by atoms with Gasteiger partial charge in [0, 0.05) is 28.8 Å². The molecule has 1 atom stereocenters. The Morgan fingerprint density at radius 1 is 0.657 bits per heavy atom. The molecule has 0 bridgehead atoms. The fourth-order valence-electron chi connectivity index (χ4n) is 4.55. The van der Waals surface area contributed by atoms with Crippen LogP contribution in [0.25, 0.3) is 16.9 Å².